The molecule has 0 spiro atoms. The van der Waals surface area contributed by atoms with Crippen LogP contribution in [0.2, 0.25) is 0 Å². The molecule has 0 saturated heterocycles. The second kappa shape index (κ2) is 10.6. The number of carbonyl (C=O) groups is 1. The average Bonchev–Trinajstić information content (AvgIpc) is 3.22. The molecule has 1 fully saturated rings. The van der Waals surface area contributed by atoms with E-state index in [2.05, 4.69) is 0 Å². The third-order valence-electron chi connectivity index (χ3n) is 5.71. The van der Waals surface area contributed by atoms with Crippen LogP contribution in [0.25, 0.3) is 0 Å². The number of ether oxygens (including phenoxy) is 1. The highest BCUT2D eigenvalue weighted by atomic mass is 32.2. The molecule has 1 atom stereocenters. The highest BCUT2D eigenvalue weighted by molar-refractivity contribution is 7.85. The number of hydrogen-bond donors (Lipinski definition) is 0. The first-order chi connectivity index (χ1) is 15.1. The molecule has 0 heterocycles. The molecule has 1 aliphatic rings. The van der Waals surface area contributed by atoms with Crippen molar-refractivity contribution in [1.29, 1.82) is 0 Å². The monoisotopic (exact) mass is 458 g/mol. The zero-order valence-electron chi connectivity index (χ0n) is 19.3. The molecule has 5 nitrogen and oxygen atoms in total. The maximum atomic E-state index is 13.0. The van der Waals surface area contributed by atoms with Crippen molar-refractivity contribution in [3.63, 3.8) is 0 Å². The fourth-order valence-electron chi connectivity index (χ4n) is 4.25. The van der Waals surface area contributed by atoms with Gasteiger partial charge in [0.05, 0.1) is 12.5 Å². The number of hydrogen-bond acceptors (Lipinski definition) is 5. The van der Waals surface area contributed by atoms with Gasteiger partial charge < -0.3 is 4.74 Å². The molecule has 1 saturated carbocycles. The highest BCUT2D eigenvalue weighted by Crippen LogP contribution is 2.39. The van der Waals surface area contributed by atoms with Gasteiger partial charge in [-0.05, 0) is 62.6 Å². The van der Waals surface area contributed by atoms with E-state index < -0.39 is 15.7 Å². The minimum Gasteiger partial charge on any atom is -0.459 e. The van der Waals surface area contributed by atoms with Crippen LogP contribution in [0, 0.1) is 5.92 Å². The number of benzene rings is 2. The van der Waals surface area contributed by atoms with Gasteiger partial charge in [-0.15, -0.1) is 0 Å². The molecule has 6 heteroatoms. The molecule has 2 aromatic rings. The molecule has 0 N–H and O–H groups in total. The first-order valence-electron chi connectivity index (χ1n) is 11.4. The molecule has 1 aliphatic carbocycles. The summed E-state index contributed by atoms with van der Waals surface area (Å²) in [5.41, 5.74) is 2.12. The summed E-state index contributed by atoms with van der Waals surface area (Å²) < 4.78 is 35.3. The van der Waals surface area contributed by atoms with Crippen molar-refractivity contribution in [3.8, 4) is 0 Å². The first-order valence-corrected chi connectivity index (χ1v) is 12.9. The van der Waals surface area contributed by atoms with Crippen molar-refractivity contribution >= 4 is 16.1 Å². The van der Waals surface area contributed by atoms with Crippen LogP contribution >= 0.6 is 0 Å². The van der Waals surface area contributed by atoms with Gasteiger partial charge in [0.1, 0.15) is 11.4 Å². The number of carbonyl (C=O) groups excluding carboxylic acids is 1. The van der Waals surface area contributed by atoms with Crippen molar-refractivity contribution in [1.82, 2.24) is 0 Å². The molecular weight excluding hydrogens is 424 g/mol. The Labute approximate surface area is 192 Å². The Morgan fingerprint density at radius 1 is 0.969 bits per heavy atom. The minimum absolute atomic E-state index is 0.0899. The highest BCUT2D eigenvalue weighted by Gasteiger charge is 2.35. The maximum Gasteiger partial charge on any atom is 0.314 e. The van der Waals surface area contributed by atoms with Gasteiger partial charge in [-0.3, -0.25) is 8.98 Å². The quantitative estimate of drug-likeness (QED) is 0.372. The molecule has 1 unspecified atom stereocenters. The van der Waals surface area contributed by atoms with E-state index in [-0.39, 0.29) is 24.2 Å². The summed E-state index contributed by atoms with van der Waals surface area (Å²) in [5.74, 6) is -0.242. The largest absolute Gasteiger partial charge is 0.459 e. The van der Waals surface area contributed by atoms with Crippen molar-refractivity contribution < 1.29 is 22.1 Å². The Balaban J connectivity index is 1.60. The van der Waals surface area contributed by atoms with Gasteiger partial charge in [-0.2, -0.15) is 8.42 Å². The molecule has 2 aromatic carbocycles. The fraction of sp³-hybridized carbons (Fsp3) is 0.500. The lowest BCUT2D eigenvalue weighted by Crippen LogP contribution is -2.30. The van der Waals surface area contributed by atoms with Crippen molar-refractivity contribution in [2.24, 2.45) is 5.92 Å². The first kappa shape index (κ1) is 24.5. The van der Waals surface area contributed by atoms with Crippen LogP contribution in [0.5, 0.6) is 0 Å². The Hall–Kier alpha value is -2.18. The number of esters is 1. The van der Waals surface area contributed by atoms with E-state index >= 15 is 0 Å². The van der Waals surface area contributed by atoms with Gasteiger partial charge in [0.15, 0.2) is 0 Å². The molecule has 174 valence electrons. The summed E-state index contributed by atoms with van der Waals surface area (Å²) in [5, 5.41) is 0. The third-order valence-corrected chi connectivity index (χ3v) is 6.92. The fourth-order valence-corrected chi connectivity index (χ4v) is 5.28. The van der Waals surface area contributed by atoms with Crippen LogP contribution in [0.1, 0.15) is 69.1 Å². The van der Waals surface area contributed by atoms with E-state index in [4.69, 9.17) is 8.92 Å². The van der Waals surface area contributed by atoms with Crippen LogP contribution in [0.15, 0.2) is 54.6 Å². The lowest BCUT2D eigenvalue weighted by atomic mass is 9.84. The lowest BCUT2D eigenvalue weighted by Gasteiger charge is -2.27. The molecular formula is C26H34O5S. The second-order valence-electron chi connectivity index (χ2n) is 9.56. The standard InChI is InChI=1S/C26H34O5S/c1-26(2,3)31-25(27)24(22-11-7-8-12-22)23-15-13-20(14-16-23)17-18-30-32(28,29)19-21-9-5-4-6-10-21/h4-6,9-10,13-16,22,24H,7-8,11-12,17-19H2,1-3H3. The van der Waals surface area contributed by atoms with E-state index in [1.54, 1.807) is 12.1 Å². The number of rotatable bonds is 9. The van der Waals surface area contributed by atoms with Crippen LogP contribution in [0.3, 0.4) is 0 Å². The normalized spacial score (nSPS) is 16.1. The van der Waals surface area contributed by atoms with Gasteiger partial charge in [-0.25, -0.2) is 0 Å². The molecule has 0 aromatic heterocycles. The van der Waals surface area contributed by atoms with E-state index in [1.807, 2.05) is 63.2 Å². The van der Waals surface area contributed by atoms with Crippen LogP contribution in [-0.2, 0) is 36.0 Å². The van der Waals surface area contributed by atoms with Gasteiger partial charge in [0, 0.05) is 0 Å². The van der Waals surface area contributed by atoms with Gasteiger partial charge in [0.25, 0.3) is 10.1 Å². The summed E-state index contributed by atoms with van der Waals surface area (Å²) in [7, 11) is -3.63. The smallest absolute Gasteiger partial charge is 0.314 e. The molecule has 0 aliphatic heterocycles. The SMILES string of the molecule is CC(C)(C)OC(=O)C(c1ccc(CCOS(=O)(=O)Cc2ccccc2)cc1)C1CCCC1. The van der Waals surface area contributed by atoms with Crippen molar-refractivity contribution in [3.05, 3.63) is 71.3 Å². The second-order valence-corrected chi connectivity index (χ2v) is 11.2. The zero-order valence-corrected chi connectivity index (χ0v) is 20.1. The average molecular weight is 459 g/mol. The zero-order chi connectivity index (χ0) is 23.2. The Bertz CT molecular complexity index is 969. The topological polar surface area (TPSA) is 69.7 Å². The molecule has 0 bridgehead atoms. The Morgan fingerprint density at radius 2 is 1.59 bits per heavy atom. The van der Waals surface area contributed by atoms with E-state index in [0.717, 1.165) is 36.8 Å². The third kappa shape index (κ3) is 7.45. The molecule has 0 amide bonds. The maximum absolute atomic E-state index is 13.0. The van der Waals surface area contributed by atoms with Crippen LogP contribution < -0.4 is 0 Å². The predicted molar refractivity (Wildman–Crippen MR) is 126 cm³/mol. The molecule has 0 radical (unpaired) electrons. The van der Waals surface area contributed by atoms with E-state index in [9.17, 15) is 13.2 Å². The summed E-state index contributed by atoms with van der Waals surface area (Å²) in [6.07, 6.45) is 4.86. The van der Waals surface area contributed by atoms with Crippen molar-refractivity contribution in [2.45, 2.75) is 70.1 Å². The lowest BCUT2D eigenvalue weighted by molar-refractivity contribution is -0.158. The predicted octanol–water partition coefficient (Wildman–Crippen LogP) is 5.39. The van der Waals surface area contributed by atoms with Crippen molar-refractivity contribution in [2.75, 3.05) is 6.61 Å². The summed E-state index contributed by atoms with van der Waals surface area (Å²) in [6, 6.07) is 16.9. The van der Waals surface area contributed by atoms with Crippen LogP contribution in [-0.4, -0.2) is 26.6 Å². The summed E-state index contributed by atoms with van der Waals surface area (Å²) in [6.45, 7) is 5.77. The van der Waals surface area contributed by atoms with Gasteiger partial charge in [0.2, 0.25) is 0 Å². The Kier molecular flexibility index (Phi) is 8.12. The van der Waals surface area contributed by atoms with E-state index in [1.165, 1.54) is 0 Å². The summed E-state index contributed by atoms with van der Waals surface area (Å²) >= 11 is 0. The Morgan fingerprint density at radius 3 is 2.19 bits per heavy atom. The van der Waals surface area contributed by atoms with E-state index in [0.29, 0.717) is 17.9 Å². The minimum atomic E-state index is -3.63. The van der Waals surface area contributed by atoms with Gasteiger partial charge >= 0.3 is 5.97 Å². The van der Waals surface area contributed by atoms with Crippen LogP contribution in [0.4, 0.5) is 0 Å². The molecule has 3 rings (SSSR count). The molecule has 32 heavy (non-hydrogen) atoms. The summed E-state index contributed by atoms with van der Waals surface area (Å²) in [4.78, 5) is 13.0. The van der Waals surface area contributed by atoms with Gasteiger partial charge in [-0.1, -0.05) is 67.4 Å².